The molecule has 4 bridgehead atoms. The molecule has 4 aliphatic carbocycles. The Kier molecular flexibility index (Phi) is 9.81. The highest BCUT2D eigenvalue weighted by atomic mass is 32.2. The number of aromatic nitrogens is 6. The highest BCUT2D eigenvalue weighted by Crippen LogP contribution is 2.60. The minimum absolute atomic E-state index is 0.0652. The summed E-state index contributed by atoms with van der Waals surface area (Å²) in [5.41, 5.74) is 5.02. The van der Waals surface area contributed by atoms with Crippen LogP contribution in [0, 0.1) is 49.9 Å². The van der Waals surface area contributed by atoms with Crippen LogP contribution in [0.15, 0.2) is 71.8 Å². The van der Waals surface area contributed by atoms with Gasteiger partial charge in [0.2, 0.25) is 0 Å². The number of nitrogens with one attached hydrogen (secondary N) is 2. The van der Waals surface area contributed by atoms with Gasteiger partial charge in [0.15, 0.2) is 16.8 Å². The van der Waals surface area contributed by atoms with E-state index in [4.69, 9.17) is 10.1 Å². The maximum Gasteiger partial charge on any atom is 0.310 e. The second-order valence-electron chi connectivity index (χ2n) is 18.0. The number of carboxylic acid groups (broad SMARTS) is 1. The molecular weight excluding hydrogens is 825 g/mol. The summed E-state index contributed by atoms with van der Waals surface area (Å²) in [7, 11) is -2.61. The third kappa shape index (κ3) is 7.33. The van der Waals surface area contributed by atoms with Gasteiger partial charge < -0.3 is 20.2 Å². The molecule has 1 aliphatic heterocycles. The molecule has 320 valence electrons. The van der Waals surface area contributed by atoms with Crippen molar-refractivity contribution in [2.24, 2.45) is 29.1 Å². The number of hydrogen-bond donors (Lipinski definition) is 3. The van der Waals surface area contributed by atoms with Gasteiger partial charge in [0.1, 0.15) is 11.5 Å². The Morgan fingerprint density at radius 2 is 1.61 bits per heavy atom. The van der Waals surface area contributed by atoms with E-state index in [1.165, 1.54) is 55.9 Å². The summed E-state index contributed by atoms with van der Waals surface area (Å²) in [4.78, 5) is 38.8. The van der Waals surface area contributed by atoms with Crippen molar-refractivity contribution in [2.75, 3.05) is 35.3 Å². The van der Waals surface area contributed by atoms with Crippen LogP contribution in [0.4, 0.5) is 28.3 Å². The van der Waals surface area contributed by atoms with Gasteiger partial charge in [0.05, 0.1) is 27.2 Å². The molecule has 3 N–H and O–H groups in total. The lowest BCUT2D eigenvalue weighted by Crippen LogP contribution is -2.50. The van der Waals surface area contributed by atoms with Crippen LogP contribution in [0.5, 0.6) is 0 Å². The van der Waals surface area contributed by atoms with Gasteiger partial charge in [-0.3, -0.25) is 14.3 Å². The molecule has 4 aromatic heterocycles. The molecule has 5 aliphatic rings. The second-order valence-corrected chi connectivity index (χ2v) is 20.7. The van der Waals surface area contributed by atoms with E-state index in [0.717, 1.165) is 45.8 Å². The maximum atomic E-state index is 14.4. The lowest BCUT2D eigenvalue weighted by Gasteiger charge is -2.56. The molecule has 0 spiro atoms. The second kappa shape index (κ2) is 15.1. The van der Waals surface area contributed by atoms with Crippen LogP contribution in [-0.4, -0.2) is 75.5 Å². The average molecular weight is 873 g/mol. The van der Waals surface area contributed by atoms with Crippen LogP contribution in [0.3, 0.4) is 0 Å². The molecule has 5 heterocycles. The van der Waals surface area contributed by atoms with Crippen LogP contribution in [0.2, 0.25) is 0 Å². The fourth-order valence-electron chi connectivity index (χ4n) is 10.8. The van der Waals surface area contributed by atoms with E-state index >= 15 is 0 Å². The molecule has 17 heteroatoms. The van der Waals surface area contributed by atoms with E-state index in [-0.39, 0.29) is 16.0 Å². The number of thiazole rings is 1. The number of nitrogens with zero attached hydrogens (tertiary/aromatic N) is 8. The monoisotopic (exact) mass is 872 g/mol. The molecule has 11 rings (SSSR count). The third-order valence-corrected chi connectivity index (χ3v) is 16.0. The first kappa shape index (κ1) is 40.2. The summed E-state index contributed by atoms with van der Waals surface area (Å²) >= 11 is 1.52. The molecule has 1 amide bonds. The van der Waals surface area contributed by atoms with Crippen LogP contribution in [0.1, 0.15) is 65.8 Å². The highest BCUT2D eigenvalue weighted by Gasteiger charge is 2.51. The smallest absolute Gasteiger partial charge is 0.310 e. The van der Waals surface area contributed by atoms with Crippen molar-refractivity contribution in [1.82, 2.24) is 34.7 Å². The van der Waals surface area contributed by atoms with Crippen LogP contribution in [-0.2, 0) is 21.4 Å². The molecule has 5 fully saturated rings. The molecular formula is C45H48N10O5S2. The largest absolute Gasteiger partial charge is 0.481 e. The summed E-state index contributed by atoms with van der Waals surface area (Å²) in [6.45, 7) is 7.07. The van der Waals surface area contributed by atoms with Crippen molar-refractivity contribution >= 4 is 71.7 Å². The van der Waals surface area contributed by atoms with Gasteiger partial charge in [-0.2, -0.15) is 5.10 Å². The number of carboxylic acids is 1. The zero-order valence-corrected chi connectivity index (χ0v) is 36.6. The maximum absolute atomic E-state index is 14.4. The first-order valence-electron chi connectivity index (χ1n) is 21.1. The van der Waals surface area contributed by atoms with E-state index in [2.05, 4.69) is 29.9 Å². The minimum atomic E-state index is -4.38. The van der Waals surface area contributed by atoms with Gasteiger partial charge in [-0.25, -0.2) is 23.1 Å². The van der Waals surface area contributed by atoms with Crippen LogP contribution < -0.4 is 19.8 Å². The average Bonchev–Trinajstić information content (AvgIpc) is 3.78. The molecule has 0 unspecified atom stereocenters. The number of aryl methyl sites for hydroxylation is 2. The first-order chi connectivity index (χ1) is 29.7. The lowest BCUT2D eigenvalue weighted by atomic mass is 9.49. The standard InChI is InChI=1S/C45H48N10O5S2/c1-25-13-32(54-22-31(23-54)43(57)58)9-11-37(25)62(59,60)52-42(56)40-33(34-21-46-55(27(34)3)24-45-18-28-15-29(19-45)17-30(16-28)20-45)10-12-38(48-40)53(4)39-14-26(2)41(51-50-39)49-44-47-35-7-5-6-8-36(35)61-44/h5-14,21,28-31H,15-20,22-24H2,1-4H3,(H,52,56)(H,57,58)(H,47,49,51). The topological polar surface area (TPSA) is 188 Å². The molecule has 15 nitrogen and oxygen atoms in total. The molecule has 6 aromatic rings. The number of anilines is 5. The number of hydrogen-bond acceptors (Lipinski definition) is 13. The molecule has 1 saturated heterocycles. The third-order valence-electron chi connectivity index (χ3n) is 13.6. The minimum Gasteiger partial charge on any atom is -0.481 e. The van der Waals surface area contributed by atoms with E-state index in [1.807, 2.05) is 49.1 Å². The highest BCUT2D eigenvalue weighted by molar-refractivity contribution is 7.90. The lowest BCUT2D eigenvalue weighted by molar-refractivity contribution is -0.142. The van der Waals surface area contributed by atoms with Gasteiger partial charge >= 0.3 is 5.97 Å². The number of benzene rings is 2. The SMILES string of the molecule is Cc1cc(N2CC(C(=O)O)C2)ccc1S(=O)(=O)NC(=O)c1nc(N(C)c2cc(C)c(Nc3nc4ccccc4s3)nn2)ccc1-c1cnn(CC23CC4CC(CC(C4)C2)C3)c1C. The van der Waals surface area contributed by atoms with E-state index in [1.54, 1.807) is 49.3 Å². The number of para-hydroxylation sites is 1. The Morgan fingerprint density at radius 3 is 2.29 bits per heavy atom. The van der Waals surface area contributed by atoms with E-state index in [9.17, 15) is 23.1 Å². The van der Waals surface area contributed by atoms with Crippen molar-refractivity contribution in [3.8, 4) is 11.1 Å². The normalized spacial score (nSPS) is 21.9. The fourth-order valence-corrected chi connectivity index (χ4v) is 12.8. The number of amides is 1. The number of fused-ring (bicyclic) bond motifs is 1. The number of sulfonamides is 1. The van der Waals surface area contributed by atoms with E-state index < -0.39 is 27.8 Å². The van der Waals surface area contributed by atoms with Crippen molar-refractivity contribution in [3.05, 3.63) is 89.4 Å². The van der Waals surface area contributed by atoms with Crippen molar-refractivity contribution in [3.63, 3.8) is 0 Å². The van der Waals surface area contributed by atoms with E-state index in [0.29, 0.717) is 58.1 Å². The Labute approximate surface area is 363 Å². The molecule has 2 aromatic carbocycles. The van der Waals surface area contributed by atoms with Gasteiger partial charge in [0, 0.05) is 49.2 Å². The van der Waals surface area contributed by atoms with Gasteiger partial charge in [-0.15, -0.1) is 10.2 Å². The van der Waals surface area contributed by atoms with Crippen LogP contribution in [0.25, 0.3) is 21.3 Å². The summed E-state index contributed by atoms with van der Waals surface area (Å²) in [6, 6.07) is 18.1. The predicted molar refractivity (Wildman–Crippen MR) is 238 cm³/mol. The van der Waals surface area contributed by atoms with Gasteiger partial charge in [-0.1, -0.05) is 23.5 Å². The van der Waals surface area contributed by atoms with Gasteiger partial charge in [0.25, 0.3) is 15.9 Å². The fraction of sp³-hybridized carbons (Fsp3) is 0.400. The Balaban J connectivity index is 0.952. The zero-order chi connectivity index (χ0) is 43.1. The van der Waals surface area contributed by atoms with Crippen LogP contribution >= 0.6 is 11.3 Å². The number of carbonyl (C=O) groups excluding carboxylic acids is 1. The molecule has 0 radical (unpaired) electrons. The Hall–Kier alpha value is -5.94. The van der Waals surface area contributed by atoms with Crippen molar-refractivity contribution in [2.45, 2.75) is 70.7 Å². The zero-order valence-electron chi connectivity index (χ0n) is 35.0. The molecule has 0 atom stereocenters. The first-order valence-corrected chi connectivity index (χ1v) is 23.4. The Morgan fingerprint density at radius 1 is 0.887 bits per heavy atom. The molecule has 4 saturated carbocycles. The summed E-state index contributed by atoms with van der Waals surface area (Å²) in [6.07, 6.45) is 9.49. The number of aliphatic carboxylic acids is 1. The number of pyridine rings is 1. The summed E-state index contributed by atoms with van der Waals surface area (Å²) in [5.74, 6) is 1.53. The Bertz CT molecular complexity index is 2820. The number of carbonyl (C=O) groups is 2. The number of rotatable bonds is 12. The van der Waals surface area contributed by atoms with Crippen molar-refractivity contribution in [1.29, 1.82) is 0 Å². The quantitative estimate of drug-likeness (QED) is 0.109. The predicted octanol–water partition coefficient (Wildman–Crippen LogP) is 7.64. The van der Waals surface area contributed by atoms with Crippen molar-refractivity contribution < 1.29 is 23.1 Å². The summed E-state index contributed by atoms with van der Waals surface area (Å²) < 4.78 is 33.4. The van der Waals surface area contributed by atoms with Gasteiger partial charge in [-0.05, 0) is 142 Å². The summed E-state index contributed by atoms with van der Waals surface area (Å²) in [5, 5.41) is 27.1. The molecule has 62 heavy (non-hydrogen) atoms.